The average Bonchev–Trinajstić information content (AvgIpc) is 3.20. The number of aliphatic imine (C=N–C) groups is 1. The Labute approximate surface area is 185 Å². The molecule has 5 heteroatoms. The molecule has 3 aromatic rings. The minimum atomic E-state index is 0.717. The minimum absolute atomic E-state index is 0.717. The molecule has 0 unspecified atom stereocenters. The van der Waals surface area contributed by atoms with Gasteiger partial charge in [-0.05, 0) is 43.0 Å². The quantitative estimate of drug-likeness (QED) is 0.241. The largest absolute Gasteiger partial charge is 0.366 e. The zero-order chi connectivity index (χ0) is 22.1. The van der Waals surface area contributed by atoms with Crippen molar-refractivity contribution in [1.29, 1.82) is 0 Å². The Hall–Kier alpha value is -3.60. The number of aromatic amines is 1. The predicted molar refractivity (Wildman–Crippen MR) is 130 cm³/mol. The molecule has 0 radical (unpaired) electrons. The van der Waals surface area contributed by atoms with Gasteiger partial charge in [-0.15, -0.1) is 6.58 Å². The number of hydrogen-bond donors (Lipinski definition) is 3. The van der Waals surface area contributed by atoms with Gasteiger partial charge in [-0.1, -0.05) is 61.5 Å². The second-order valence-electron chi connectivity index (χ2n) is 7.45. The number of nitrogens with zero attached hydrogens (tertiary/aromatic N) is 2. The van der Waals surface area contributed by atoms with E-state index < -0.39 is 0 Å². The maximum absolute atomic E-state index is 4.97. The molecule has 0 fully saturated rings. The van der Waals surface area contributed by atoms with Gasteiger partial charge in [0.25, 0.3) is 0 Å². The van der Waals surface area contributed by atoms with Crippen molar-refractivity contribution in [1.82, 2.24) is 15.5 Å². The molecule has 0 aliphatic rings. The second-order valence-corrected chi connectivity index (χ2v) is 7.45. The molecule has 0 bridgehead atoms. The Balaban J connectivity index is 1.91. The Kier molecular flexibility index (Phi) is 7.82. The van der Waals surface area contributed by atoms with E-state index in [0.29, 0.717) is 0 Å². The second kappa shape index (κ2) is 11.0. The SMILES string of the molecule is C=CCc1cc(N/C(=N/C(=C/CC)NCc2ccccc2C)c2ccccc2C)n[nH]1. The minimum Gasteiger partial charge on any atom is -0.366 e. The van der Waals surface area contributed by atoms with E-state index in [9.17, 15) is 0 Å². The predicted octanol–water partition coefficient (Wildman–Crippen LogP) is 5.65. The van der Waals surface area contributed by atoms with Crippen molar-refractivity contribution in [3.8, 4) is 0 Å². The molecule has 0 amide bonds. The van der Waals surface area contributed by atoms with Crippen LogP contribution in [-0.2, 0) is 13.0 Å². The molecule has 1 aromatic heterocycles. The van der Waals surface area contributed by atoms with Gasteiger partial charge in [-0.2, -0.15) is 5.10 Å². The van der Waals surface area contributed by atoms with Crippen LogP contribution in [0.15, 0.2) is 84.1 Å². The molecule has 1 heterocycles. The third kappa shape index (κ3) is 6.19. The van der Waals surface area contributed by atoms with E-state index in [1.165, 1.54) is 11.1 Å². The summed E-state index contributed by atoms with van der Waals surface area (Å²) in [6.07, 6.45) is 5.58. The van der Waals surface area contributed by atoms with Crippen LogP contribution in [0.4, 0.5) is 5.82 Å². The molecule has 160 valence electrons. The lowest BCUT2D eigenvalue weighted by molar-refractivity contribution is 0.788. The van der Waals surface area contributed by atoms with Crippen LogP contribution in [-0.4, -0.2) is 16.0 Å². The van der Waals surface area contributed by atoms with Gasteiger partial charge in [0.1, 0.15) is 11.7 Å². The van der Waals surface area contributed by atoms with E-state index in [2.05, 4.69) is 90.7 Å². The lowest BCUT2D eigenvalue weighted by Crippen LogP contribution is -2.19. The van der Waals surface area contributed by atoms with Crippen molar-refractivity contribution < 1.29 is 0 Å². The molecular weight excluding hydrogens is 382 g/mol. The smallest absolute Gasteiger partial charge is 0.153 e. The third-order valence-corrected chi connectivity index (χ3v) is 4.99. The number of anilines is 1. The van der Waals surface area contributed by atoms with Gasteiger partial charge in [-0.3, -0.25) is 5.10 Å². The summed E-state index contributed by atoms with van der Waals surface area (Å²) in [6.45, 7) is 10.8. The van der Waals surface area contributed by atoms with Crippen molar-refractivity contribution in [2.24, 2.45) is 4.99 Å². The summed E-state index contributed by atoms with van der Waals surface area (Å²) in [4.78, 5) is 4.97. The number of benzene rings is 2. The van der Waals surface area contributed by atoms with Crippen LogP contribution in [0.25, 0.3) is 0 Å². The molecule has 31 heavy (non-hydrogen) atoms. The molecule has 0 saturated carbocycles. The first-order valence-electron chi connectivity index (χ1n) is 10.7. The molecule has 0 spiro atoms. The van der Waals surface area contributed by atoms with Gasteiger partial charge >= 0.3 is 0 Å². The number of nitrogens with one attached hydrogen (secondary N) is 3. The van der Waals surface area contributed by atoms with Gasteiger partial charge in [0, 0.05) is 30.3 Å². The summed E-state index contributed by atoms with van der Waals surface area (Å²) in [5, 5.41) is 14.3. The van der Waals surface area contributed by atoms with Crippen molar-refractivity contribution in [2.45, 2.75) is 40.2 Å². The number of hydrogen-bond acceptors (Lipinski definition) is 3. The Bertz CT molecular complexity index is 1070. The van der Waals surface area contributed by atoms with Gasteiger partial charge in [0.2, 0.25) is 0 Å². The number of amidine groups is 1. The number of aromatic nitrogens is 2. The Morgan fingerprint density at radius 2 is 1.84 bits per heavy atom. The van der Waals surface area contributed by atoms with Gasteiger partial charge in [-0.25, -0.2) is 4.99 Å². The molecule has 0 saturated heterocycles. The standard InChI is InChI=1S/C26H31N5/c1-5-11-22-17-25(31-30-22)29-26(23-16-10-8-14-20(23)4)28-24(12-6-2)27-18-21-15-9-7-13-19(21)3/h5,7-10,12-17,27H,1,6,11,18H2,2-4H3,(H2,28,29,30,31)/b24-12+. The Morgan fingerprint density at radius 3 is 2.55 bits per heavy atom. The maximum atomic E-state index is 4.97. The highest BCUT2D eigenvalue weighted by molar-refractivity contribution is 6.09. The number of allylic oxidation sites excluding steroid dienone is 2. The van der Waals surface area contributed by atoms with Gasteiger partial charge < -0.3 is 10.6 Å². The maximum Gasteiger partial charge on any atom is 0.153 e. The molecule has 2 aromatic carbocycles. The monoisotopic (exact) mass is 413 g/mol. The fourth-order valence-electron chi connectivity index (χ4n) is 3.27. The summed E-state index contributed by atoms with van der Waals surface area (Å²) >= 11 is 0. The zero-order valence-electron chi connectivity index (χ0n) is 18.6. The van der Waals surface area contributed by atoms with Crippen LogP contribution < -0.4 is 10.6 Å². The topological polar surface area (TPSA) is 65.1 Å². The van der Waals surface area contributed by atoms with Crippen molar-refractivity contribution in [3.05, 3.63) is 107 Å². The zero-order valence-corrected chi connectivity index (χ0v) is 18.6. The molecular formula is C26H31N5. The van der Waals surface area contributed by atoms with E-state index in [0.717, 1.165) is 53.7 Å². The molecule has 3 rings (SSSR count). The van der Waals surface area contributed by atoms with Gasteiger partial charge in [0.15, 0.2) is 5.82 Å². The fraction of sp³-hybridized carbons (Fsp3) is 0.231. The molecule has 0 aliphatic heterocycles. The summed E-state index contributed by atoms with van der Waals surface area (Å²) in [5.41, 5.74) is 5.70. The molecule has 3 N–H and O–H groups in total. The lowest BCUT2D eigenvalue weighted by atomic mass is 10.1. The first kappa shape index (κ1) is 22.1. The first-order chi connectivity index (χ1) is 15.1. The fourth-order valence-corrected chi connectivity index (χ4v) is 3.27. The van der Waals surface area contributed by atoms with Crippen molar-refractivity contribution in [2.75, 3.05) is 5.32 Å². The van der Waals surface area contributed by atoms with Crippen LogP contribution >= 0.6 is 0 Å². The average molecular weight is 414 g/mol. The van der Waals surface area contributed by atoms with Crippen LogP contribution in [0.1, 0.15) is 41.3 Å². The van der Waals surface area contributed by atoms with Crippen molar-refractivity contribution >= 4 is 11.7 Å². The van der Waals surface area contributed by atoms with Crippen LogP contribution in [0.5, 0.6) is 0 Å². The van der Waals surface area contributed by atoms with Crippen LogP contribution in [0.3, 0.4) is 0 Å². The molecule has 5 nitrogen and oxygen atoms in total. The summed E-state index contributed by atoms with van der Waals surface area (Å²) < 4.78 is 0. The highest BCUT2D eigenvalue weighted by Crippen LogP contribution is 2.15. The number of H-pyrrole nitrogens is 1. The number of aryl methyl sites for hydroxylation is 2. The van der Waals surface area contributed by atoms with Crippen LogP contribution in [0.2, 0.25) is 0 Å². The number of rotatable bonds is 9. The first-order valence-corrected chi connectivity index (χ1v) is 10.7. The third-order valence-electron chi connectivity index (χ3n) is 4.99. The van der Waals surface area contributed by atoms with Gasteiger partial charge in [0.05, 0.1) is 0 Å². The van der Waals surface area contributed by atoms with E-state index >= 15 is 0 Å². The van der Waals surface area contributed by atoms with E-state index in [-0.39, 0.29) is 0 Å². The lowest BCUT2D eigenvalue weighted by Gasteiger charge is -2.14. The summed E-state index contributed by atoms with van der Waals surface area (Å²) in [7, 11) is 0. The molecule has 0 aliphatic carbocycles. The Morgan fingerprint density at radius 1 is 1.10 bits per heavy atom. The molecule has 0 atom stereocenters. The van der Waals surface area contributed by atoms with E-state index in [1.807, 2.05) is 24.3 Å². The highest BCUT2D eigenvalue weighted by atomic mass is 15.2. The van der Waals surface area contributed by atoms with Crippen LogP contribution in [0, 0.1) is 13.8 Å². The van der Waals surface area contributed by atoms with E-state index in [4.69, 9.17) is 4.99 Å². The van der Waals surface area contributed by atoms with E-state index in [1.54, 1.807) is 0 Å². The summed E-state index contributed by atoms with van der Waals surface area (Å²) in [5.74, 6) is 2.32. The van der Waals surface area contributed by atoms with Crippen molar-refractivity contribution in [3.63, 3.8) is 0 Å². The highest BCUT2D eigenvalue weighted by Gasteiger charge is 2.11. The summed E-state index contributed by atoms with van der Waals surface area (Å²) in [6, 6.07) is 18.6. The normalized spacial score (nSPS) is 12.0.